The molecular formula is C28H20N2O3. The summed E-state index contributed by atoms with van der Waals surface area (Å²) in [6.45, 7) is 0. The molecular weight excluding hydrogens is 412 g/mol. The Labute approximate surface area is 192 Å². The first kappa shape index (κ1) is 21.4. The summed E-state index contributed by atoms with van der Waals surface area (Å²) < 4.78 is 11.6. The van der Waals surface area contributed by atoms with Gasteiger partial charge in [0.25, 0.3) is 5.91 Å². The quantitative estimate of drug-likeness (QED) is 0.257. The first-order chi connectivity index (χ1) is 16.2. The van der Waals surface area contributed by atoms with Crippen molar-refractivity contribution in [1.82, 2.24) is 0 Å². The third-order valence-corrected chi connectivity index (χ3v) is 4.64. The summed E-state index contributed by atoms with van der Waals surface area (Å²) in [5.74, 6) is 2.00. The van der Waals surface area contributed by atoms with Crippen molar-refractivity contribution in [3.05, 3.63) is 120 Å². The van der Waals surface area contributed by atoms with Crippen molar-refractivity contribution in [2.75, 3.05) is 5.32 Å². The van der Waals surface area contributed by atoms with Crippen LogP contribution < -0.4 is 14.8 Å². The summed E-state index contributed by atoms with van der Waals surface area (Å²) in [6, 6.07) is 34.9. The van der Waals surface area contributed by atoms with Crippen LogP contribution in [0.5, 0.6) is 23.0 Å². The molecule has 4 rings (SSSR count). The maximum absolute atomic E-state index is 12.8. The van der Waals surface area contributed by atoms with Crippen LogP contribution >= 0.6 is 0 Å². The zero-order chi connectivity index (χ0) is 22.9. The van der Waals surface area contributed by atoms with Gasteiger partial charge in [0.1, 0.15) is 28.9 Å². The minimum Gasteiger partial charge on any atom is -0.457 e. The summed E-state index contributed by atoms with van der Waals surface area (Å²) in [7, 11) is 0. The first-order valence-electron chi connectivity index (χ1n) is 10.3. The number of nitrogens with one attached hydrogen (secondary N) is 1. The van der Waals surface area contributed by atoms with Gasteiger partial charge in [-0.1, -0.05) is 60.7 Å². The van der Waals surface area contributed by atoms with Gasteiger partial charge in [-0.15, -0.1) is 0 Å². The molecule has 33 heavy (non-hydrogen) atoms. The highest BCUT2D eigenvalue weighted by Crippen LogP contribution is 2.29. The van der Waals surface area contributed by atoms with Gasteiger partial charge < -0.3 is 14.8 Å². The number of para-hydroxylation sites is 4. The third kappa shape index (κ3) is 5.87. The number of hydrogen-bond donors (Lipinski definition) is 1. The number of ether oxygens (including phenoxy) is 2. The van der Waals surface area contributed by atoms with Crippen LogP contribution in [0.2, 0.25) is 0 Å². The van der Waals surface area contributed by atoms with E-state index in [0.717, 1.165) is 5.75 Å². The lowest BCUT2D eigenvalue weighted by Gasteiger charge is -2.12. The van der Waals surface area contributed by atoms with Gasteiger partial charge in [-0.2, -0.15) is 5.26 Å². The molecule has 0 aliphatic carbocycles. The van der Waals surface area contributed by atoms with E-state index in [-0.39, 0.29) is 5.57 Å². The fourth-order valence-electron chi connectivity index (χ4n) is 3.04. The van der Waals surface area contributed by atoms with Gasteiger partial charge in [0.05, 0.1) is 5.69 Å². The molecule has 5 heteroatoms. The van der Waals surface area contributed by atoms with Crippen molar-refractivity contribution in [3.8, 4) is 29.1 Å². The van der Waals surface area contributed by atoms with E-state index in [2.05, 4.69) is 5.32 Å². The van der Waals surface area contributed by atoms with Crippen molar-refractivity contribution < 1.29 is 14.3 Å². The largest absolute Gasteiger partial charge is 0.457 e. The standard InChI is InChI=1S/C28H20N2O3/c29-20-22(19-21-15-17-25(18-16-21)32-23-9-3-1-4-10-23)28(31)30-26-13-7-8-14-27(26)33-24-11-5-2-6-12-24/h1-19H,(H,30,31). The van der Waals surface area contributed by atoms with Gasteiger partial charge in [0.15, 0.2) is 5.75 Å². The Kier molecular flexibility index (Phi) is 6.79. The van der Waals surface area contributed by atoms with Gasteiger partial charge in [-0.3, -0.25) is 4.79 Å². The van der Waals surface area contributed by atoms with Crippen LogP contribution in [0.3, 0.4) is 0 Å². The van der Waals surface area contributed by atoms with E-state index in [4.69, 9.17) is 9.47 Å². The molecule has 1 amide bonds. The molecule has 4 aromatic carbocycles. The molecule has 0 aliphatic rings. The third-order valence-electron chi connectivity index (χ3n) is 4.64. The highest BCUT2D eigenvalue weighted by atomic mass is 16.5. The Hall–Kier alpha value is -4.82. The van der Waals surface area contributed by atoms with Gasteiger partial charge in [-0.25, -0.2) is 0 Å². The molecule has 160 valence electrons. The Bertz CT molecular complexity index is 1290. The normalized spacial score (nSPS) is 10.7. The van der Waals surface area contributed by atoms with Gasteiger partial charge >= 0.3 is 0 Å². The van der Waals surface area contributed by atoms with Crippen LogP contribution in [-0.4, -0.2) is 5.91 Å². The number of benzene rings is 4. The monoisotopic (exact) mass is 432 g/mol. The van der Waals surface area contributed by atoms with E-state index in [0.29, 0.717) is 28.5 Å². The Morgan fingerprint density at radius 3 is 1.88 bits per heavy atom. The molecule has 0 fully saturated rings. The summed E-state index contributed by atoms with van der Waals surface area (Å²) >= 11 is 0. The molecule has 0 bridgehead atoms. The lowest BCUT2D eigenvalue weighted by Crippen LogP contribution is -2.14. The zero-order valence-electron chi connectivity index (χ0n) is 17.6. The summed E-state index contributed by atoms with van der Waals surface area (Å²) in [4.78, 5) is 12.8. The topological polar surface area (TPSA) is 71.3 Å². The van der Waals surface area contributed by atoms with Crippen molar-refractivity contribution >= 4 is 17.7 Å². The number of carbonyl (C=O) groups excluding carboxylic acids is 1. The number of amides is 1. The van der Waals surface area contributed by atoms with E-state index < -0.39 is 5.91 Å². The molecule has 0 atom stereocenters. The number of carbonyl (C=O) groups is 1. The van der Waals surface area contributed by atoms with E-state index in [1.165, 1.54) is 6.08 Å². The van der Waals surface area contributed by atoms with Gasteiger partial charge in [0, 0.05) is 0 Å². The van der Waals surface area contributed by atoms with Crippen LogP contribution in [0, 0.1) is 11.3 Å². The predicted molar refractivity (Wildman–Crippen MR) is 128 cm³/mol. The van der Waals surface area contributed by atoms with E-state index >= 15 is 0 Å². The maximum Gasteiger partial charge on any atom is 0.266 e. The second-order valence-corrected chi connectivity index (χ2v) is 7.02. The number of nitriles is 1. The minimum atomic E-state index is -0.522. The van der Waals surface area contributed by atoms with Crippen molar-refractivity contribution in [2.45, 2.75) is 0 Å². The second-order valence-electron chi connectivity index (χ2n) is 7.02. The SMILES string of the molecule is N#CC(=Cc1ccc(Oc2ccccc2)cc1)C(=O)Nc1ccccc1Oc1ccccc1. The lowest BCUT2D eigenvalue weighted by atomic mass is 10.1. The predicted octanol–water partition coefficient (Wildman–Crippen LogP) is 6.82. The average Bonchev–Trinajstić information content (AvgIpc) is 2.86. The Morgan fingerprint density at radius 2 is 1.24 bits per heavy atom. The number of rotatable bonds is 7. The summed E-state index contributed by atoms with van der Waals surface area (Å²) in [6.07, 6.45) is 1.53. The summed E-state index contributed by atoms with van der Waals surface area (Å²) in [5.41, 5.74) is 1.15. The summed E-state index contributed by atoms with van der Waals surface area (Å²) in [5, 5.41) is 12.3. The second kappa shape index (κ2) is 10.5. The number of anilines is 1. The molecule has 0 aromatic heterocycles. The average molecular weight is 432 g/mol. The van der Waals surface area contributed by atoms with Crippen molar-refractivity contribution in [3.63, 3.8) is 0 Å². The van der Waals surface area contributed by atoms with Gasteiger partial charge in [-0.05, 0) is 60.2 Å². The van der Waals surface area contributed by atoms with E-state index in [1.807, 2.05) is 72.8 Å². The minimum absolute atomic E-state index is 0.0266. The Balaban J connectivity index is 1.47. The van der Waals surface area contributed by atoms with Crippen LogP contribution in [0.25, 0.3) is 6.08 Å². The molecule has 0 aliphatic heterocycles. The van der Waals surface area contributed by atoms with Crippen LogP contribution in [0.4, 0.5) is 5.69 Å². The van der Waals surface area contributed by atoms with Crippen LogP contribution in [-0.2, 0) is 4.79 Å². The first-order valence-corrected chi connectivity index (χ1v) is 10.3. The van der Waals surface area contributed by atoms with Crippen LogP contribution in [0.1, 0.15) is 5.56 Å². The smallest absolute Gasteiger partial charge is 0.266 e. The molecule has 5 nitrogen and oxygen atoms in total. The number of hydrogen-bond acceptors (Lipinski definition) is 4. The molecule has 0 unspecified atom stereocenters. The highest BCUT2D eigenvalue weighted by molar-refractivity contribution is 6.10. The highest BCUT2D eigenvalue weighted by Gasteiger charge is 2.13. The fraction of sp³-hybridized carbons (Fsp3) is 0. The van der Waals surface area contributed by atoms with Gasteiger partial charge in [0.2, 0.25) is 0 Å². The van der Waals surface area contributed by atoms with E-state index in [9.17, 15) is 10.1 Å². The van der Waals surface area contributed by atoms with Crippen molar-refractivity contribution in [2.24, 2.45) is 0 Å². The molecule has 0 heterocycles. The molecule has 4 aromatic rings. The zero-order valence-corrected chi connectivity index (χ0v) is 17.6. The lowest BCUT2D eigenvalue weighted by molar-refractivity contribution is -0.112. The Morgan fingerprint density at radius 1 is 0.697 bits per heavy atom. The molecule has 0 spiro atoms. The molecule has 0 saturated heterocycles. The molecule has 0 saturated carbocycles. The van der Waals surface area contributed by atoms with Crippen LogP contribution in [0.15, 0.2) is 115 Å². The number of nitrogens with zero attached hydrogens (tertiary/aromatic N) is 1. The maximum atomic E-state index is 12.8. The molecule has 1 N–H and O–H groups in total. The van der Waals surface area contributed by atoms with E-state index in [1.54, 1.807) is 42.5 Å². The molecule has 0 radical (unpaired) electrons. The fourth-order valence-corrected chi connectivity index (χ4v) is 3.04. The van der Waals surface area contributed by atoms with Crippen molar-refractivity contribution in [1.29, 1.82) is 5.26 Å².